The van der Waals surface area contributed by atoms with Crippen LogP contribution >= 0.6 is 0 Å². The van der Waals surface area contributed by atoms with Gasteiger partial charge in [0.2, 0.25) is 0 Å². The van der Waals surface area contributed by atoms with Crippen molar-refractivity contribution in [2.75, 3.05) is 6.54 Å². The van der Waals surface area contributed by atoms with Crippen LogP contribution in [0.2, 0.25) is 0 Å². The summed E-state index contributed by atoms with van der Waals surface area (Å²) in [5, 5.41) is 4.37. The molecule has 0 unspecified atom stereocenters. The summed E-state index contributed by atoms with van der Waals surface area (Å²) in [6.07, 6.45) is 1.72. The Morgan fingerprint density at radius 2 is 1.94 bits per heavy atom. The number of hydrogen-bond donors (Lipinski definition) is 1. The number of aromatic nitrogens is 3. The number of nitrogens with zero attached hydrogens (tertiary/aromatic N) is 3. The first kappa shape index (κ1) is 11.8. The molecule has 1 aromatic heterocycles. The van der Waals surface area contributed by atoms with E-state index >= 15 is 0 Å². The monoisotopic (exact) mass is 230 g/mol. The van der Waals surface area contributed by atoms with E-state index in [2.05, 4.69) is 48.2 Å². The van der Waals surface area contributed by atoms with Gasteiger partial charge in [-0.15, -0.1) is 0 Å². The van der Waals surface area contributed by atoms with Crippen LogP contribution in [0.3, 0.4) is 0 Å². The molecule has 17 heavy (non-hydrogen) atoms. The van der Waals surface area contributed by atoms with Gasteiger partial charge in [0, 0.05) is 12.1 Å². The molecule has 2 rings (SSSR count). The van der Waals surface area contributed by atoms with Crippen LogP contribution in [0.4, 0.5) is 0 Å². The van der Waals surface area contributed by atoms with Gasteiger partial charge in [-0.25, -0.2) is 4.98 Å². The van der Waals surface area contributed by atoms with Gasteiger partial charge in [0.05, 0.1) is 6.54 Å². The Morgan fingerprint density at radius 3 is 2.53 bits per heavy atom. The van der Waals surface area contributed by atoms with Crippen LogP contribution in [-0.2, 0) is 6.54 Å². The Labute approximate surface area is 101 Å². The molecule has 1 aromatic carbocycles. The van der Waals surface area contributed by atoms with E-state index in [0.29, 0.717) is 19.0 Å². The third kappa shape index (κ3) is 2.71. The fourth-order valence-corrected chi connectivity index (χ4v) is 1.68. The molecule has 4 nitrogen and oxygen atoms in total. The maximum atomic E-state index is 5.47. The molecule has 0 fully saturated rings. The summed E-state index contributed by atoms with van der Waals surface area (Å²) in [6, 6.07) is 8.39. The van der Waals surface area contributed by atoms with Crippen molar-refractivity contribution < 1.29 is 0 Å². The van der Waals surface area contributed by atoms with Crippen molar-refractivity contribution in [2.24, 2.45) is 5.73 Å². The Hall–Kier alpha value is -1.68. The molecule has 0 aliphatic rings. The van der Waals surface area contributed by atoms with Gasteiger partial charge < -0.3 is 5.73 Å². The summed E-state index contributed by atoms with van der Waals surface area (Å²) in [6.45, 7) is 5.65. The summed E-state index contributed by atoms with van der Waals surface area (Å²) in [5.74, 6) is 1.31. The summed E-state index contributed by atoms with van der Waals surface area (Å²) in [7, 11) is 0. The molecule has 0 bridgehead atoms. The zero-order valence-corrected chi connectivity index (χ0v) is 10.3. The van der Waals surface area contributed by atoms with Crippen molar-refractivity contribution >= 4 is 0 Å². The summed E-state index contributed by atoms with van der Waals surface area (Å²) in [5.41, 5.74) is 7.85. The van der Waals surface area contributed by atoms with E-state index in [9.17, 15) is 0 Å². The minimum absolute atomic E-state index is 0.548. The van der Waals surface area contributed by atoms with Gasteiger partial charge in [-0.2, -0.15) is 5.10 Å². The van der Waals surface area contributed by atoms with Crippen molar-refractivity contribution in [3.63, 3.8) is 0 Å². The molecule has 0 aliphatic heterocycles. The van der Waals surface area contributed by atoms with E-state index in [4.69, 9.17) is 5.73 Å². The highest BCUT2D eigenvalue weighted by atomic mass is 15.3. The second-order valence-electron chi connectivity index (χ2n) is 4.40. The van der Waals surface area contributed by atoms with E-state index in [1.807, 2.05) is 0 Å². The molecule has 2 N–H and O–H groups in total. The third-order valence-corrected chi connectivity index (χ3v) is 2.73. The van der Waals surface area contributed by atoms with Gasteiger partial charge in [0.25, 0.3) is 0 Å². The summed E-state index contributed by atoms with van der Waals surface area (Å²) in [4.78, 5) is 4.28. The van der Waals surface area contributed by atoms with Crippen molar-refractivity contribution in [3.05, 3.63) is 36.2 Å². The quantitative estimate of drug-likeness (QED) is 0.874. The molecule has 0 amide bonds. The number of nitrogens with two attached hydrogens (primary N) is 1. The molecule has 0 saturated carbocycles. The average Bonchev–Trinajstić information content (AvgIpc) is 2.78. The van der Waals surface area contributed by atoms with E-state index in [-0.39, 0.29) is 0 Å². The van der Waals surface area contributed by atoms with Crippen LogP contribution in [-0.4, -0.2) is 21.3 Å². The van der Waals surface area contributed by atoms with Gasteiger partial charge in [-0.3, -0.25) is 4.68 Å². The van der Waals surface area contributed by atoms with Gasteiger partial charge in [-0.1, -0.05) is 38.1 Å². The predicted octanol–water partition coefficient (Wildman–Crippen LogP) is 2.03. The second kappa shape index (κ2) is 5.10. The minimum Gasteiger partial charge on any atom is -0.329 e. The number of hydrogen-bond acceptors (Lipinski definition) is 3. The standard InChI is InChI=1S/C13H18N4/c1-10(2)11-3-5-12(6-4-11)13-15-9-17(16-13)8-7-14/h3-6,9-10H,7-8,14H2,1-2H3. The van der Waals surface area contributed by atoms with E-state index in [1.165, 1.54) is 5.56 Å². The predicted molar refractivity (Wildman–Crippen MR) is 68.6 cm³/mol. The van der Waals surface area contributed by atoms with Crippen molar-refractivity contribution in [2.45, 2.75) is 26.3 Å². The largest absolute Gasteiger partial charge is 0.329 e. The van der Waals surface area contributed by atoms with E-state index < -0.39 is 0 Å². The fraction of sp³-hybridized carbons (Fsp3) is 0.385. The maximum absolute atomic E-state index is 5.47. The third-order valence-electron chi connectivity index (χ3n) is 2.73. The van der Waals surface area contributed by atoms with Gasteiger partial charge in [0.1, 0.15) is 6.33 Å². The first-order valence-electron chi connectivity index (χ1n) is 5.90. The first-order chi connectivity index (χ1) is 8.20. The van der Waals surface area contributed by atoms with Gasteiger partial charge in [-0.05, 0) is 11.5 Å². The molecule has 1 heterocycles. The van der Waals surface area contributed by atoms with Crippen LogP contribution in [0.25, 0.3) is 11.4 Å². The molecule has 0 radical (unpaired) electrons. The normalized spacial score (nSPS) is 11.1. The zero-order valence-electron chi connectivity index (χ0n) is 10.3. The van der Waals surface area contributed by atoms with Crippen LogP contribution in [0, 0.1) is 0 Å². The molecule has 0 saturated heterocycles. The van der Waals surface area contributed by atoms with E-state index in [0.717, 1.165) is 11.4 Å². The Kier molecular flexibility index (Phi) is 3.54. The first-order valence-corrected chi connectivity index (χ1v) is 5.90. The molecule has 0 spiro atoms. The summed E-state index contributed by atoms with van der Waals surface area (Å²) >= 11 is 0. The van der Waals surface area contributed by atoms with Gasteiger partial charge >= 0.3 is 0 Å². The lowest BCUT2D eigenvalue weighted by Gasteiger charge is -2.04. The highest BCUT2D eigenvalue weighted by Gasteiger charge is 2.05. The van der Waals surface area contributed by atoms with Crippen molar-refractivity contribution in [3.8, 4) is 11.4 Å². The Balaban J connectivity index is 2.21. The Bertz CT molecular complexity index is 470. The average molecular weight is 230 g/mol. The molecule has 90 valence electrons. The fourth-order valence-electron chi connectivity index (χ4n) is 1.68. The molecule has 2 aromatic rings. The van der Waals surface area contributed by atoms with Crippen LogP contribution in [0.15, 0.2) is 30.6 Å². The lowest BCUT2D eigenvalue weighted by molar-refractivity contribution is 0.625. The second-order valence-corrected chi connectivity index (χ2v) is 4.40. The van der Waals surface area contributed by atoms with Crippen LogP contribution in [0.1, 0.15) is 25.3 Å². The zero-order chi connectivity index (χ0) is 12.3. The highest BCUT2D eigenvalue weighted by Crippen LogP contribution is 2.19. The van der Waals surface area contributed by atoms with Crippen molar-refractivity contribution in [1.82, 2.24) is 14.8 Å². The minimum atomic E-state index is 0.548. The number of benzene rings is 1. The lowest BCUT2D eigenvalue weighted by atomic mass is 10.0. The Morgan fingerprint density at radius 1 is 1.24 bits per heavy atom. The lowest BCUT2D eigenvalue weighted by Crippen LogP contribution is -2.10. The number of rotatable bonds is 4. The van der Waals surface area contributed by atoms with Crippen LogP contribution in [0.5, 0.6) is 0 Å². The molecule has 0 aliphatic carbocycles. The molecule has 4 heteroatoms. The summed E-state index contributed by atoms with van der Waals surface area (Å²) < 4.78 is 1.77. The molecular weight excluding hydrogens is 212 g/mol. The van der Waals surface area contributed by atoms with Gasteiger partial charge in [0.15, 0.2) is 5.82 Å². The SMILES string of the molecule is CC(C)c1ccc(-c2ncn(CCN)n2)cc1. The topological polar surface area (TPSA) is 56.7 Å². The smallest absolute Gasteiger partial charge is 0.181 e. The van der Waals surface area contributed by atoms with Crippen LogP contribution < -0.4 is 5.73 Å². The highest BCUT2D eigenvalue weighted by molar-refractivity contribution is 5.54. The molecular formula is C13H18N4. The maximum Gasteiger partial charge on any atom is 0.181 e. The molecule has 0 atom stereocenters. The van der Waals surface area contributed by atoms with Crippen molar-refractivity contribution in [1.29, 1.82) is 0 Å². The van der Waals surface area contributed by atoms with E-state index in [1.54, 1.807) is 11.0 Å².